The summed E-state index contributed by atoms with van der Waals surface area (Å²) in [7, 11) is 0. The number of fused-ring (bicyclic) bond motifs is 1. The van der Waals surface area contributed by atoms with Gasteiger partial charge in [0.05, 0.1) is 5.52 Å². The maximum Gasteiger partial charge on any atom is 0.248 e. The first-order chi connectivity index (χ1) is 13.5. The number of aromatic nitrogens is 2. The zero-order chi connectivity index (χ0) is 19.7. The van der Waals surface area contributed by atoms with Crippen LogP contribution in [0.1, 0.15) is 21.5 Å². The first-order valence-electron chi connectivity index (χ1n) is 8.87. The van der Waals surface area contributed by atoms with Gasteiger partial charge in [-0.25, -0.2) is 0 Å². The number of amides is 1. The molecule has 0 aliphatic heterocycles. The Bertz CT molecular complexity index is 1180. The van der Waals surface area contributed by atoms with Crippen molar-refractivity contribution in [1.82, 2.24) is 10.2 Å². The number of carbonyl (C=O) groups is 1. The van der Waals surface area contributed by atoms with Crippen molar-refractivity contribution >= 4 is 28.3 Å². The maximum atomic E-state index is 11.6. The number of anilines is 2. The van der Waals surface area contributed by atoms with Crippen molar-refractivity contribution in [2.24, 2.45) is 5.73 Å². The van der Waals surface area contributed by atoms with Gasteiger partial charge in [-0.3, -0.25) is 9.89 Å². The van der Waals surface area contributed by atoms with E-state index in [2.05, 4.69) is 16.3 Å². The molecule has 28 heavy (non-hydrogen) atoms. The summed E-state index contributed by atoms with van der Waals surface area (Å²) < 4.78 is 0. The third-order valence-corrected chi connectivity index (χ3v) is 4.74. The Kier molecular flexibility index (Phi) is 4.45. The average Bonchev–Trinajstić information content (AvgIpc) is 3.06. The van der Waals surface area contributed by atoms with Crippen LogP contribution in [0, 0.1) is 6.42 Å². The number of benzene rings is 3. The van der Waals surface area contributed by atoms with Crippen LogP contribution in [0.25, 0.3) is 22.0 Å². The van der Waals surface area contributed by atoms with Gasteiger partial charge >= 0.3 is 0 Å². The Labute approximate surface area is 162 Å². The molecule has 1 amide bonds. The summed E-state index contributed by atoms with van der Waals surface area (Å²) in [5.74, 6) is 0.0562. The SMILES string of the molecule is NC(=O)c1ccccc1C[CH]c1cc(N)cc(-c2ccc3c(N)n[nH]c3c2)c1. The molecule has 0 aliphatic rings. The fourth-order valence-corrected chi connectivity index (χ4v) is 3.35. The van der Waals surface area contributed by atoms with Crippen molar-refractivity contribution in [2.75, 3.05) is 11.5 Å². The fourth-order valence-electron chi connectivity index (χ4n) is 3.35. The quantitative estimate of drug-likeness (QED) is 0.402. The van der Waals surface area contributed by atoms with Gasteiger partial charge in [-0.05, 0) is 65.4 Å². The summed E-state index contributed by atoms with van der Waals surface area (Å²) in [6.45, 7) is 0. The lowest BCUT2D eigenvalue weighted by Gasteiger charge is -2.10. The standard InChI is InChI=1S/C22H20N5O/c23-17-10-13(5-6-14-3-1-2-4-18(14)22(25)28)9-16(11-17)15-7-8-19-20(12-15)26-27-21(19)24/h1-5,7-12H,6,23H2,(H2,25,28)(H3,24,26,27). The molecule has 0 unspecified atom stereocenters. The highest BCUT2D eigenvalue weighted by Crippen LogP contribution is 2.29. The van der Waals surface area contributed by atoms with Gasteiger partial charge in [-0.1, -0.05) is 30.3 Å². The molecule has 6 nitrogen and oxygen atoms in total. The first-order valence-corrected chi connectivity index (χ1v) is 8.87. The second-order valence-corrected chi connectivity index (χ2v) is 6.69. The van der Waals surface area contributed by atoms with Crippen LogP contribution < -0.4 is 17.2 Å². The van der Waals surface area contributed by atoms with Crippen LogP contribution in [0.4, 0.5) is 11.5 Å². The molecule has 0 saturated heterocycles. The number of nitrogens with two attached hydrogens (primary N) is 3. The van der Waals surface area contributed by atoms with Crippen molar-refractivity contribution in [3.05, 3.63) is 83.8 Å². The van der Waals surface area contributed by atoms with Crippen molar-refractivity contribution in [2.45, 2.75) is 6.42 Å². The number of hydrogen-bond donors (Lipinski definition) is 4. The van der Waals surface area contributed by atoms with E-state index in [0.29, 0.717) is 23.5 Å². The van der Waals surface area contributed by atoms with Gasteiger partial charge in [-0.2, -0.15) is 5.10 Å². The number of nitrogens with zero attached hydrogens (tertiary/aromatic N) is 1. The van der Waals surface area contributed by atoms with Gasteiger partial charge in [0, 0.05) is 16.6 Å². The average molecular weight is 370 g/mol. The fraction of sp³-hybridized carbons (Fsp3) is 0.0455. The highest BCUT2D eigenvalue weighted by atomic mass is 16.1. The molecular weight excluding hydrogens is 350 g/mol. The molecule has 1 heterocycles. The molecule has 0 fully saturated rings. The van der Waals surface area contributed by atoms with Gasteiger partial charge in [0.1, 0.15) is 0 Å². The number of primary amides is 1. The molecule has 0 bridgehead atoms. The van der Waals surface area contributed by atoms with E-state index in [1.54, 1.807) is 12.1 Å². The van der Waals surface area contributed by atoms with Crippen molar-refractivity contribution in [3.63, 3.8) is 0 Å². The number of aromatic amines is 1. The molecule has 4 rings (SSSR count). The van der Waals surface area contributed by atoms with E-state index in [4.69, 9.17) is 17.2 Å². The molecule has 139 valence electrons. The lowest BCUT2D eigenvalue weighted by molar-refractivity contribution is 0.0999. The Hall–Kier alpha value is -3.80. The molecule has 1 radical (unpaired) electrons. The molecule has 7 N–H and O–H groups in total. The molecule has 4 aromatic rings. The molecule has 1 aromatic heterocycles. The topological polar surface area (TPSA) is 124 Å². The minimum absolute atomic E-state index is 0.426. The first kappa shape index (κ1) is 17.6. The van der Waals surface area contributed by atoms with Crippen LogP contribution >= 0.6 is 0 Å². The lowest BCUT2D eigenvalue weighted by Crippen LogP contribution is -2.13. The van der Waals surface area contributed by atoms with Crippen LogP contribution in [0.3, 0.4) is 0 Å². The summed E-state index contributed by atoms with van der Waals surface area (Å²) >= 11 is 0. The predicted molar refractivity (Wildman–Crippen MR) is 112 cm³/mol. The zero-order valence-electron chi connectivity index (χ0n) is 15.1. The summed E-state index contributed by atoms with van der Waals surface area (Å²) in [6, 6.07) is 19.2. The highest BCUT2D eigenvalue weighted by molar-refractivity contribution is 5.94. The number of rotatable bonds is 5. The Morgan fingerprint density at radius 3 is 2.64 bits per heavy atom. The minimum atomic E-state index is -0.426. The van der Waals surface area contributed by atoms with Crippen molar-refractivity contribution in [1.29, 1.82) is 0 Å². The van der Waals surface area contributed by atoms with Gasteiger partial charge < -0.3 is 17.2 Å². The Morgan fingerprint density at radius 2 is 1.82 bits per heavy atom. The molecule has 3 aromatic carbocycles. The highest BCUT2D eigenvalue weighted by Gasteiger charge is 2.10. The molecule has 6 heteroatoms. The van der Waals surface area contributed by atoms with Crippen LogP contribution in [-0.2, 0) is 6.42 Å². The third kappa shape index (κ3) is 3.40. The Balaban J connectivity index is 1.63. The van der Waals surface area contributed by atoms with Crippen LogP contribution in [0.2, 0.25) is 0 Å². The van der Waals surface area contributed by atoms with E-state index < -0.39 is 5.91 Å². The molecule has 0 atom stereocenters. The lowest BCUT2D eigenvalue weighted by atomic mass is 9.96. The van der Waals surface area contributed by atoms with E-state index in [1.807, 2.05) is 48.9 Å². The van der Waals surface area contributed by atoms with Crippen molar-refractivity contribution in [3.8, 4) is 11.1 Å². The molecule has 0 spiro atoms. The van der Waals surface area contributed by atoms with Gasteiger partial charge in [0.25, 0.3) is 0 Å². The predicted octanol–water partition coefficient (Wildman–Crippen LogP) is 3.29. The van der Waals surface area contributed by atoms with Gasteiger partial charge in [0.2, 0.25) is 5.91 Å². The third-order valence-electron chi connectivity index (χ3n) is 4.74. The normalized spacial score (nSPS) is 11.0. The summed E-state index contributed by atoms with van der Waals surface area (Å²) in [5.41, 5.74) is 23.4. The maximum absolute atomic E-state index is 11.6. The molecule has 0 aliphatic carbocycles. The largest absolute Gasteiger partial charge is 0.399 e. The molecular formula is C22H20N5O. The second kappa shape index (κ2) is 7.08. The van der Waals surface area contributed by atoms with E-state index in [1.165, 1.54) is 0 Å². The van der Waals surface area contributed by atoms with Crippen molar-refractivity contribution < 1.29 is 4.79 Å². The van der Waals surface area contributed by atoms with E-state index >= 15 is 0 Å². The Morgan fingerprint density at radius 1 is 1.00 bits per heavy atom. The van der Waals surface area contributed by atoms with E-state index in [-0.39, 0.29) is 0 Å². The minimum Gasteiger partial charge on any atom is -0.399 e. The summed E-state index contributed by atoms with van der Waals surface area (Å²) in [5, 5.41) is 7.86. The second-order valence-electron chi connectivity index (χ2n) is 6.69. The number of hydrogen-bond acceptors (Lipinski definition) is 4. The summed E-state index contributed by atoms with van der Waals surface area (Å²) in [6.07, 6.45) is 2.62. The van der Waals surface area contributed by atoms with Crippen LogP contribution in [0.5, 0.6) is 0 Å². The summed E-state index contributed by atoms with van der Waals surface area (Å²) in [4.78, 5) is 11.6. The number of H-pyrrole nitrogens is 1. The number of nitrogen functional groups attached to an aromatic ring is 2. The van der Waals surface area contributed by atoms with Gasteiger partial charge in [0.15, 0.2) is 5.82 Å². The number of carbonyl (C=O) groups excluding carboxylic acids is 1. The smallest absolute Gasteiger partial charge is 0.248 e. The van der Waals surface area contributed by atoms with E-state index in [0.717, 1.165) is 33.2 Å². The van der Waals surface area contributed by atoms with Gasteiger partial charge in [-0.15, -0.1) is 0 Å². The monoisotopic (exact) mass is 370 g/mol. The number of nitrogens with one attached hydrogen (secondary N) is 1. The zero-order valence-corrected chi connectivity index (χ0v) is 15.1. The van der Waals surface area contributed by atoms with Crippen LogP contribution in [0.15, 0.2) is 60.7 Å². The molecule has 0 saturated carbocycles. The van der Waals surface area contributed by atoms with E-state index in [9.17, 15) is 4.79 Å². The van der Waals surface area contributed by atoms with Crippen LogP contribution in [-0.4, -0.2) is 16.1 Å².